The number of amides is 1. The summed E-state index contributed by atoms with van der Waals surface area (Å²) in [6, 6.07) is 3.19. The molecule has 3 aromatic rings. The zero-order chi connectivity index (χ0) is 16.2. The smallest absolute Gasteiger partial charge is 0.253 e. The first-order valence-electron chi connectivity index (χ1n) is 7.18. The summed E-state index contributed by atoms with van der Waals surface area (Å²) in [6.45, 7) is 4.61. The van der Waals surface area contributed by atoms with E-state index in [9.17, 15) is 4.79 Å². The molecule has 0 spiro atoms. The number of carbonyl (C=O) groups excluding carboxylic acids is 1. The third-order valence-corrected chi connectivity index (χ3v) is 3.41. The molecule has 0 saturated carbocycles. The van der Waals surface area contributed by atoms with Crippen molar-refractivity contribution in [2.75, 3.05) is 0 Å². The normalized spacial score (nSPS) is 12.1. The molecule has 3 aromatic heterocycles. The Morgan fingerprint density at radius 1 is 1.22 bits per heavy atom. The Balaban J connectivity index is 1.71. The molecule has 1 unspecified atom stereocenters. The number of aryl methyl sites for hydroxylation is 1. The Labute approximate surface area is 132 Å². The molecule has 9 heteroatoms. The van der Waals surface area contributed by atoms with Crippen molar-refractivity contribution >= 4 is 5.91 Å². The molecule has 9 nitrogen and oxygen atoms in total. The molecule has 1 atom stereocenters. The minimum atomic E-state index is -0.248. The van der Waals surface area contributed by atoms with Crippen LogP contribution in [0.25, 0.3) is 5.82 Å². The fourth-order valence-corrected chi connectivity index (χ4v) is 2.18. The summed E-state index contributed by atoms with van der Waals surface area (Å²) >= 11 is 0. The highest BCUT2D eigenvalue weighted by atomic mass is 16.1. The van der Waals surface area contributed by atoms with E-state index in [4.69, 9.17) is 0 Å². The maximum absolute atomic E-state index is 12.3. The molecule has 1 N–H and O–H groups in total. The molecule has 0 bridgehead atoms. The number of hydrogen-bond donors (Lipinski definition) is 1. The van der Waals surface area contributed by atoms with Gasteiger partial charge in [-0.15, -0.1) is 20.4 Å². The summed E-state index contributed by atoms with van der Waals surface area (Å²) in [5.41, 5.74) is 0.469. The van der Waals surface area contributed by atoms with Crippen LogP contribution in [0.1, 0.15) is 36.1 Å². The predicted octanol–water partition coefficient (Wildman–Crippen LogP) is 0.765. The number of pyridine rings is 1. The van der Waals surface area contributed by atoms with Gasteiger partial charge in [0.05, 0.1) is 11.6 Å². The SMILES string of the molecule is CCn1cnnc1C(C)NC(=O)c1ccc(-n2cnnc2)nc1. The number of nitrogens with zero attached hydrogens (tertiary/aromatic N) is 7. The van der Waals surface area contributed by atoms with Gasteiger partial charge in [-0.3, -0.25) is 9.36 Å². The minimum absolute atomic E-state index is 0.217. The van der Waals surface area contributed by atoms with Gasteiger partial charge in [0.1, 0.15) is 24.8 Å². The van der Waals surface area contributed by atoms with Crippen LogP contribution >= 0.6 is 0 Å². The Morgan fingerprint density at radius 3 is 2.65 bits per heavy atom. The van der Waals surface area contributed by atoms with Gasteiger partial charge in [-0.2, -0.15) is 0 Å². The van der Waals surface area contributed by atoms with Gasteiger partial charge < -0.3 is 9.88 Å². The number of aromatic nitrogens is 7. The predicted molar refractivity (Wildman–Crippen MR) is 80.7 cm³/mol. The maximum atomic E-state index is 12.3. The molecule has 0 aliphatic carbocycles. The molecule has 1 amide bonds. The van der Waals surface area contributed by atoms with Crippen LogP contribution in [-0.4, -0.2) is 40.4 Å². The highest BCUT2D eigenvalue weighted by Gasteiger charge is 2.16. The van der Waals surface area contributed by atoms with Gasteiger partial charge in [0, 0.05) is 12.7 Å². The third kappa shape index (κ3) is 3.07. The lowest BCUT2D eigenvalue weighted by Crippen LogP contribution is -2.28. The Bertz CT molecular complexity index is 777. The molecular weight excluding hydrogens is 296 g/mol. The van der Waals surface area contributed by atoms with Crippen LogP contribution in [0.4, 0.5) is 0 Å². The highest BCUT2D eigenvalue weighted by Crippen LogP contribution is 2.11. The monoisotopic (exact) mass is 312 g/mol. The zero-order valence-electron chi connectivity index (χ0n) is 12.8. The minimum Gasteiger partial charge on any atom is -0.342 e. The van der Waals surface area contributed by atoms with E-state index in [1.165, 1.54) is 6.20 Å². The number of hydrogen-bond acceptors (Lipinski definition) is 6. The largest absolute Gasteiger partial charge is 0.342 e. The second kappa shape index (κ2) is 6.34. The fourth-order valence-electron chi connectivity index (χ4n) is 2.18. The summed E-state index contributed by atoms with van der Waals surface area (Å²) < 4.78 is 3.55. The lowest BCUT2D eigenvalue weighted by Gasteiger charge is -2.14. The molecule has 118 valence electrons. The van der Waals surface area contributed by atoms with Crippen molar-refractivity contribution < 1.29 is 4.79 Å². The lowest BCUT2D eigenvalue weighted by atomic mass is 10.2. The topological polar surface area (TPSA) is 103 Å². The van der Waals surface area contributed by atoms with Gasteiger partial charge in [0.2, 0.25) is 0 Å². The van der Waals surface area contributed by atoms with E-state index >= 15 is 0 Å². The van der Waals surface area contributed by atoms with Gasteiger partial charge in [-0.25, -0.2) is 4.98 Å². The second-order valence-electron chi connectivity index (χ2n) is 4.94. The van der Waals surface area contributed by atoms with Crippen molar-refractivity contribution in [2.45, 2.75) is 26.4 Å². The summed E-state index contributed by atoms with van der Waals surface area (Å²) in [5, 5.41) is 18.2. The first-order chi connectivity index (χ1) is 11.2. The standard InChI is InChI=1S/C14H16N8O/c1-3-21-9-18-20-13(21)10(2)19-14(23)11-4-5-12(15-6-11)22-7-16-17-8-22/h4-10H,3H2,1-2H3,(H,19,23). The van der Waals surface area contributed by atoms with Crippen LogP contribution in [0.15, 0.2) is 37.3 Å². The molecule has 3 rings (SSSR count). The third-order valence-electron chi connectivity index (χ3n) is 3.41. The fraction of sp³-hybridized carbons (Fsp3) is 0.286. The van der Waals surface area contributed by atoms with Gasteiger partial charge in [0.15, 0.2) is 5.82 Å². The van der Waals surface area contributed by atoms with Crippen molar-refractivity contribution in [2.24, 2.45) is 0 Å². The molecule has 23 heavy (non-hydrogen) atoms. The van der Waals surface area contributed by atoms with Gasteiger partial charge in [0.25, 0.3) is 5.91 Å². The van der Waals surface area contributed by atoms with Crippen molar-refractivity contribution in [1.29, 1.82) is 0 Å². The van der Waals surface area contributed by atoms with Crippen LogP contribution in [0.2, 0.25) is 0 Å². The van der Waals surface area contributed by atoms with Crippen molar-refractivity contribution in [3.05, 3.63) is 48.7 Å². The van der Waals surface area contributed by atoms with E-state index in [0.717, 1.165) is 12.4 Å². The first-order valence-corrected chi connectivity index (χ1v) is 7.18. The Hall–Kier alpha value is -3.10. The number of carbonyl (C=O) groups is 1. The summed E-state index contributed by atoms with van der Waals surface area (Å²) in [5.74, 6) is 1.14. The van der Waals surface area contributed by atoms with Gasteiger partial charge >= 0.3 is 0 Å². The van der Waals surface area contributed by atoms with Crippen LogP contribution in [0, 0.1) is 0 Å². The van der Waals surface area contributed by atoms with E-state index in [0.29, 0.717) is 11.4 Å². The molecular formula is C14H16N8O. The van der Waals surface area contributed by atoms with Crippen LogP contribution in [-0.2, 0) is 6.54 Å². The molecule has 3 heterocycles. The molecule has 0 aromatic carbocycles. The van der Waals surface area contributed by atoms with Crippen molar-refractivity contribution in [3.8, 4) is 5.82 Å². The van der Waals surface area contributed by atoms with E-state index in [1.807, 2.05) is 18.4 Å². The summed E-state index contributed by atoms with van der Waals surface area (Å²) in [4.78, 5) is 16.5. The van der Waals surface area contributed by atoms with Crippen LogP contribution < -0.4 is 5.32 Å². The van der Waals surface area contributed by atoms with E-state index in [-0.39, 0.29) is 11.9 Å². The average Bonchev–Trinajstić information content (AvgIpc) is 3.26. The average molecular weight is 312 g/mol. The van der Waals surface area contributed by atoms with Crippen molar-refractivity contribution in [1.82, 2.24) is 39.8 Å². The van der Waals surface area contributed by atoms with E-state index in [1.54, 1.807) is 35.7 Å². The Morgan fingerprint density at radius 2 is 2.00 bits per heavy atom. The number of nitrogens with one attached hydrogen (secondary N) is 1. The molecule has 0 aliphatic heterocycles. The number of rotatable bonds is 5. The van der Waals surface area contributed by atoms with Gasteiger partial charge in [-0.1, -0.05) is 0 Å². The van der Waals surface area contributed by atoms with Crippen molar-refractivity contribution in [3.63, 3.8) is 0 Å². The van der Waals surface area contributed by atoms with E-state index < -0.39 is 0 Å². The Kier molecular flexibility index (Phi) is 4.09. The molecule has 0 fully saturated rings. The van der Waals surface area contributed by atoms with E-state index in [2.05, 4.69) is 30.7 Å². The van der Waals surface area contributed by atoms with Crippen LogP contribution in [0.3, 0.4) is 0 Å². The summed E-state index contributed by atoms with van der Waals surface area (Å²) in [6.07, 6.45) is 6.25. The highest BCUT2D eigenvalue weighted by molar-refractivity contribution is 5.94. The molecule has 0 saturated heterocycles. The summed E-state index contributed by atoms with van der Waals surface area (Å²) in [7, 11) is 0. The molecule has 0 aliphatic rings. The van der Waals surface area contributed by atoms with Crippen LogP contribution in [0.5, 0.6) is 0 Å². The lowest BCUT2D eigenvalue weighted by molar-refractivity contribution is 0.0937. The maximum Gasteiger partial charge on any atom is 0.253 e. The zero-order valence-corrected chi connectivity index (χ0v) is 12.8. The van der Waals surface area contributed by atoms with Gasteiger partial charge in [-0.05, 0) is 26.0 Å². The second-order valence-corrected chi connectivity index (χ2v) is 4.94. The molecule has 0 radical (unpaired) electrons. The quantitative estimate of drug-likeness (QED) is 0.746. The first kappa shape index (κ1) is 14.8.